The second kappa shape index (κ2) is 7.33. The van der Waals surface area contributed by atoms with E-state index in [4.69, 9.17) is 4.98 Å². The van der Waals surface area contributed by atoms with Crippen LogP contribution < -0.4 is 0 Å². The number of nitriles is 1. The highest BCUT2D eigenvalue weighted by Crippen LogP contribution is 2.35. The Morgan fingerprint density at radius 3 is 2.87 bits per heavy atom. The summed E-state index contributed by atoms with van der Waals surface area (Å²) in [7, 11) is 0. The minimum Gasteiger partial charge on any atom is -0.389 e. The van der Waals surface area contributed by atoms with Crippen LogP contribution in [0.4, 0.5) is 0 Å². The van der Waals surface area contributed by atoms with Crippen molar-refractivity contribution in [3.05, 3.63) is 54.8 Å². The minimum absolute atomic E-state index is 0.0932. The third-order valence-corrected chi connectivity index (χ3v) is 5.82. The van der Waals surface area contributed by atoms with Crippen LogP contribution in [0.3, 0.4) is 0 Å². The molecule has 1 atom stereocenters. The second-order valence-corrected chi connectivity index (χ2v) is 8.85. The van der Waals surface area contributed by atoms with E-state index >= 15 is 0 Å². The Hall–Kier alpha value is -3.50. The zero-order valence-electron chi connectivity index (χ0n) is 17.7. The maximum atomic E-state index is 10.2. The van der Waals surface area contributed by atoms with Crippen LogP contribution in [0.1, 0.15) is 38.8 Å². The molecule has 5 rings (SSSR count). The van der Waals surface area contributed by atoms with Gasteiger partial charge < -0.3 is 5.11 Å². The lowest BCUT2D eigenvalue weighted by molar-refractivity contribution is 0.0591. The predicted molar refractivity (Wildman–Crippen MR) is 119 cm³/mol. The molecule has 0 amide bonds. The topological polar surface area (TPSA) is 92.0 Å². The molecule has 4 aromatic rings. The van der Waals surface area contributed by atoms with E-state index < -0.39 is 5.60 Å². The maximum absolute atomic E-state index is 10.2. The van der Waals surface area contributed by atoms with Crippen LogP contribution in [0, 0.1) is 17.2 Å². The fraction of sp³-hybridized carbons (Fsp3) is 0.333. The van der Waals surface area contributed by atoms with Crippen LogP contribution in [0.15, 0.2) is 49.1 Å². The number of hydrogen-bond donors (Lipinski definition) is 1. The number of rotatable bonds is 4. The third kappa shape index (κ3) is 3.60. The molecule has 1 unspecified atom stereocenters. The van der Waals surface area contributed by atoms with Crippen LogP contribution in [-0.2, 0) is 6.54 Å². The van der Waals surface area contributed by atoms with Gasteiger partial charge in [0.15, 0.2) is 0 Å². The molecule has 0 fully saturated rings. The molecular weight excluding hydrogens is 388 g/mol. The summed E-state index contributed by atoms with van der Waals surface area (Å²) in [6.45, 7) is 3.99. The van der Waals surface area contributed by atoms with Crippen molar-refractivity contribution in [2.75, 3.05) is 0 Å². The first-order valence-corrected chi connectivity index (χ1v) is 10.5. The minimum atomic E-state index is -0.834. The maximum Gasteiger partial charge on any atom is 0.0999 e. The molecule has 1 aliphatic rings. The highest BCUT2D eigenvalue weighted by atomic mass is 16.3. The molecule has 3 aromatic heterocycles. The van der Waals surface area contributed by atoms with Gasteiger partial charge in [0.2, 0.25) is 0 Å². The first-order valence-electron chi connectivity index (χ1n) is 10.5. The van der Waals surface area contributed by atoms with Crippen molar-refractivity contribution in [1.82, 2.24) is 24.4 Å². The van der Waals surface area contributed by atoms with Crippen LogP contribution in [0.2, 0.25) is 0 Å². The van der Waals surface area contributed by atoms with Crippen LogP contribution in [-0.4, -0.2) is 35.1 Å². The molecule has 0 radical (unpaired) electrons. The standard InChI is InChI=1S/C24H24N6O/c1-24(2,31)15-30-21-8-7-18(11-19(21)13-27-30)20-14-28-29-10-9-26-22(23(20)29)17-5-3-16(12-25)4-6-17/h5,7-11,13-14,16,31H,3-4,6,15H2,1-2H3. The Morgan fingerprint density at radius 1 is 1.26 bits per heavy atom. The van der Waals surface area contributed by atoms with Gasteiger partial charge in [-0.05, 0) is 56.4 Å². The number of allylic oxidation sites excluding steroid dienone is 2. The lowest BCUT2D eigenvalue weighted by Crippen LogP contribution is -2.26. The van der Waals surface area contributed by atoms with Crippen molar-refractivity contribution in [3.8, 4) is 17.2 Å². The number of fused-ring (bicyclic) bond motifs is 2. The summed E-state index contributed by atoms with van der Waals surface area (Å²) in [6, 6.07) is 8.59. The lowest BCUT2D eigenvalue weighted by Gasteiger charge is -2.17. The van der Waals surface area contributed by atoms with Gasteiger partial charge in [-0.25, -0.2) is 4.52 Å². The molecule has 7 heteroatoms. The molecule has 0 saturated carbocycles. The largest absolute Gasteiger partial charge is 0.389 e. The zero-order chi connectivity index (χ0) is 21.6. The molecule has 156 valence electrons. The normalized spacial score (nSPS) is 17.1. The molecule has 0 spiro atoms. The first kappa shape index (κ1) is 19.5. The van der Waals surface area contributed by atoms with E-state index in [2.05, 4.69) is 34.5 Å². The van der Waals surface area contributed by atoms with Gasteiger partial charge in [-0.1, -0.05) is 12.1 Å². The molecular formula is C24H24N6O. The first-order chi connectivity index (χ1) is 14.9. The van der Waals surface area contributed by atoms with E-state index in [1.807, 2.05) is 33.9 Å². The zero-order valence-corrected chi connectivity index (χ0v) is 17.7. The molecule has 1 N–H and O–H groups in total. The van der Waals surface area contributed by atoms with Gasteiger partial charge in [-0.3, -0.25) is 9.67 Å². The van der Waals surface area contributed by atoms with E-state index in [1.165, 1.54) is 5.57 Å². The summed E-state index contributed by atoms with van der Waals surface area (Å²) in [5.41, 5.74) is 5.31. The Bertz CT molecular complexity index is 1350. The molecule has 7 nitrogen and oxygen atoms in total. The van der Waals surface area contributed by atoms with E-state index in [0.29, 0.717) is 6.54 Å². The molecule has 1 aliphatic carbocycles. The van der Waals surface area contributed by atoms with E-state index in [1.54, 1.807) is 20.0 Å². The average Bonchev–Trinajstić information content (AvgIpc) is 3.36. The summed E-state index contributed by atoms with van der Waals surface area (Å²) in [5, 5.41) is 29.4. The van der Waals surface area contributed by atoms with Crippen molar-refractivity contribution >= 4 is 22.0 Å². The van der Waals surface area contributed by atoms with Crippen molar-refractivity contribution in [3.63, 3.8) is 0 Å². The van der Waals surface area contributed by atoms with Crippen molar-refractivity contribution in [1.29, 1.82) is 5.26 Å². The number of benzene rings is 1. The third-order valence-electron chi connectivity index (χ3n) is 5.82. The summed E-state index contributed by atoms with van der Waals surface area (Å²) in [6.07, 6.45) is 12.0. The fourth-order valence-corrected chi connectivity index (χ4v) is 4.30. The van der Waals surface area contributed by atoms with E-state index in [9.17, 15) is 10.4 Å². The summed E-state index contributed by atoms with van der Waals surface area (Å²) in [5.74, 6) is 0.0932. The number of aliphatic hydroxyl groups is 1. The quantitative estimate of drug-likeness (QED) is 0.542. The molecule has 0 saturated heterocycles. The fourth-order valence-electron chi connectivity index (χ4n) is 4.30. The molecule has 1 aromatic carbocycles. The SMILES string of the molecule is CC(C)(O)Cn1ncc2cc(-c3cnn4ccnc(C5=CCC(C#N)CC5)c34)ccc21. The predicted octanol–water partition coefficient (Wildman–Crippen LogP) is 4.22. The number of aromatic nitrogens is 5. The highest BCUT2D eigenvalue weighted by Gasteiger charge is 2.21. The van der Waals surface area contributed by atoms with Gasteiger partial charge in [0.1, 0.15) is 0 Å². The van der Waals surface area contributed by atoms with E-state index in [0.717, 1.165) is 52.5 Å². The summed E-state index contributed by atoms with van der Waals surface area (Å²) < 4.78 is 3.71. The number of hydrogen-bond acceptors (Lipinski definition) is 5. The molecule has 0 bridgehead atoms. The Balaban J connectivity index is 1.59. The van der Waals surface area contributed by atoms with E-state index in [-0.39, 0.29) is 5.92 Å². The second-order valence-electron chi connectivity index (χ2n) is 8.85. The monoisotopic (exact) mass is 412 g/mol. The summed E-state index contributed by atoms with van der Waals surface area (Å²) >= 11 is 0. The van der Waals surface area contributed by atoms with Gasteiger partial charge in [0.25, 0.3) is 0 Å². The Labute approximate surface area is 180 Å². The van der Waals surface area contributed by atoms with Gasteiger partial charge >= 0.3 is 0 Å². The van der Waals surface area contributed by atoms with Gasteiger partial charge in [0.05, 0.1) is 53.3 Å². The van der Waals surface area contributed by atoms with Gasteiger partial charge in [-0.2, -0.15) is 15.5 Å². The Kier molecular flexibility index (Phi) is 4.60. The van der Waals surface area contributed by atoms with Gasteiger partial charge in [-0.15, -0.1) is 0 Å². The van der Waals surface area contributed by atoms with Crippen LogP contribution in [0.5, 0.6) is 0 Å². The van der Waals surface area contributed by atoms with Crippen LogP contribution in [0.25, 0.3) is 33.1 Å². The average molecular weight is 412 g/mol. The Morgan fingerprint density at radius 2 is 2.13 bits per heavy atom. The van der Waals surface area contributed by atoms with Crippen molar-refractivity contribution in [2.45, 2.75) is 45.3 Å². The highest BCUT2D eigenvalue weighted by molar-refractivity contribution is 5.92. The molecule has 3 heterocycles. The lowest BCUT2D eigenvalue weighted by atomic mass is 9.88. The molecule has 31 heavy (non-hydrogen) atoms. The van der Waals surface area contributed by atoms with Crippen molar-refractivity contribution in [2.24, 2.45) is 5.92 Å². The summed E-state index contributed by atoms with van der Waals surface area (Å²) in [4.78, 5) is 4.69. The molecule has 0 aliphatic heterocycles. The smallest absolute Gasteiger partial charge is 0.0999 e. The van der Waals surface area contributed by atoms with Crippen LogP contribution >= 0.6 is 0 Å². The number of nitrogens with zero attached hydrogens (tertiary/aromatic N) is 6. The van der Waals surface area contributed by atoms with Crippen molar-refractivity contribution < 1.29 is 5.11 Å². The van der Waals surface area contributed by atoms with Gasteiger partial charge in [0, 0.05) is 23.3 Å².